The lowest BCUT2D eigenvalue weighted by molar-refractivity contribution is -0.167. The van der Waals surface area contributed by atoms with Crippen molar-refractivity contribution in [3.63, 3.8) is 0 Å². The van der Waals surface area contributed by atoms with Gasteiger partial charge in [0.25, 0.3) is 0 Å². The van der Waals surface area contributed by atoms with Gasteiger partial charge in [0.2, 0.25) is 0 Å². The molecule has 0 aliphatic carbocycles. The van der Waals surface area contributed by atoms with E-state index in [0.717, 1.165) is 116 Å². The van der Waals surface area contributed by atoms with Gasteiger partial charge in [-0.05, 0) is 96.3 Å². The van der Waals surface area contributed by atoms with Crippen molar-refractivity contribution in [3.8, 4) is 0 Å². The Bertz CT molecular complexity index is 1420. The van der Waals surface area contributed by atoms with Crippen LogP contribution in [-0.2, 0) is 28.6 Å². The van der Waals surface area contributed by atoms with Crippen LogP contribution in [0.3, 0.4) is 0 Å². The normalized spacial score (nSPS) is 12.6. The topological polar surface area (TPSA) is 78.9 Å². The fourth-order valence-electron chi connectivity index (χ4n) is 8.91. The number of hydrogen-bond donors (Lipinski definition) is 0. The van der Waals surface area contributed by atoms with Gasteiger partial charge in [-0.15, -0.1) is 0 Å². The van der Waals surface area contributed by atoms with Crippen LogP contribution in [0, 0.1) is 0 Å². The summed E-state index contributed by atoms with van der Waals surface area (Å²) in [6.45, 7) is 6.52. The molecule has 0 aromatic carbocycles. The minimum Gasteiger partial charge on any atom is -0.462 e. The van der Waals surface area contributed by atoms with Gasteiger partial charge in [-0.2, -0.15) is 0 Å². The molecular weight excluding hydrogens is 913 g/mol. The van der Waals surface area contributed by atoms with Crippen LogP contribution in [-0.4, -0.2) is 37.2 Å². The van der Waals surface area contributed by atoms with Gasteiger partial charge >= 0.3 is 17.9 Å². The molecule has 0 rings (SSSR count). The van der Waals surface area contributed by atoms with Gasteiger partial charge in [-0.1, -0.05) is 279 Å². The second-order valence-electron chi connectivity index (χ2n) is 20.9. The van der Waals surface area contributed by atoms with Crippen molar-refractivity contribution in [1.82, 2.24) is 0 Å². The Morgan fingerprint density at radius 1 is 0.284 bits per heavy atom. The van der Waals surface area contributed by atoms with E-state index in [-0.39, 0.29) is 31.1 Å². The van der Waals surface area contributed by atoms with Crippen molar-refractivity contribution >= 4 is 17.9 Å². The Morgan fingerprint density at radius 2 is 0.527 bits per heavy atom. The maximum Gasteiger partial charge on any atom is 0.306 e. The fraction of sp³-hybridized carbons (Fsp3) is 0.750. The molecule has 0 aromatic rings. The number of unbranched alkanes of at least 4 members (excludes halogenated alkanes) is 32. The Balaban J connectivity index is 4.41. The molecule has 6 nitrogen and oxygen atoms in total. The van der Waals surface area contributed by atoms with Crippen molar-refractivity contribution in [2.24, 2.45) is 0 Å². The first-order chi connectivity index (χ1) is 36.5. The third kappa shape index (κ3) is 59.5. The summed E-state index contributed by atoms with van der Waals surface area (Å²) in [6.07, 6.45) is 81.5. The summed E-state index contributed by atoms with van der Waals surface area (Å²) >= 11 is 0. The standard InChI is InChI=1S/C68H118O6/c1-4-7-10-13-16-19-22-25-28-31-33-34-36-37-40-43-46-49-52-55-58-61-67(70)73-64-65(63-72-66(69)60-57-54-51-48-45-42-39-30-27-24-21-18-15-12-9-6-3)74-68(71)62-59-56-53-50-47-44-41-38-35-32-29-26-23-20-17-14-11-8-5-2/h7,10,16-17,19-20,25-26,28-29,33-34,37,40,65H,4-6,8-9,11-15,18,21-24,27,30-32,35-36,38-39,41-64H2,1-3H3/b10-7-,19-16-,20-17-,28-25-,29-26-,34-33-,40-37-. The number of ether oxygens (including phenoxy) is 3. The highest BCUT2D eigenvalue weighted by molar-refractivity contribution is 5.71. The second kappa shape index (κ2) is 62.1. The van der Waals surface area contributed by atoms with E-state index in [1.54, 1.807) is 0 Å². The van der Waals surface area contributed by atoms with Crippen molar-refractivity contribution < 1.29 is 28.6 Å². The molecule has 0 aromatic heterocycles. The minimum atomic E-state index is -0.787. The average Bonchev–Trinajstić information content (AvgIpc) is 3.40. The molecule has 6 heteroatoms. The number of carbonyl (C=O) groups is 3. The van der Waals surface area contributed by atoms with Crippen LogP contribution in [0.5, 0.6) is 0 Å². The second-order valence-corrected chi connectivity index (χ2v) is 20.9. The Morgan fingerprint density at radius 3 is 0.851 bits per heavy atom. The van der Waals surface area contributed by atoms with Crippen LogP contribution in [0.1, 0.15) is 310 Å². The van der Waals surface area contributed by atoms with Crippen molar-refractivity contribution in [1.29, 1.82) is 0 Å². The van der Waals surface area contributed by atoms with E-state index in [9.17, 15) is 14.4 Å². The zero-order chi connectivity index (χ0) is 53.6. The predicted molar refractivity (Wildman–Crippen MR) is 321 cm³/mol. The Hall–Kier alpha value is -3.41. The van der Waals surface area contributed by atoms with Crippen LogP contribution in [0.15, 0.2) is 85.1 Å². The zero-order valence-electron chi connectivity index (χ0n) is 48.8. The molecule has 0 amide bonds. The molecule has 0 aliphatic rings. The summed E-state index contributed by atoms with van der Waals surface area (Å²) < 4.78 is 16.9. The Labute approximate surface area is 458 Å². The SMILES string of the molecule is CC/C=C\C/C=C\C/C=C\C/C=C\C/C=C\CCCCCCCC(=O)OCC(COC(=O)CCCCCCCCCCCCCCCCCC)OC(=O)CCCCCCCCCCC/C=C\C/C=C\CCCCC. The number of esters is 3. The number of carbonyl (C=O) groups excluding carboxylic acids is 3. The first-order valence-corrected chi connectivity index (χ1v) is 31.6. The fourth-order valence-corrected chi connectivity index (χ4v) is 8.91. The van der Waals surface area contributed by atoms with E-state index < -0.39 is 6.10 Å². The lowest BCUT2D eigenvalue weighted by atomic mass is 10.0. The molecule has 0 radical (unpaired) electrons. The molecule has 0 bridgehead atoms. The molecule has 1 unspecified atom stereocenters. The number of rotatable bonds is 57. The monoisotopic (exact) mass is 1030 g/mol. The highest BCUT2D eigenvalue weighted by Gasteiger charge is 2.19. The van der Waals surface area contributed by atoms with Gasteiger partial charge < -0.3 is 14.2 Å². The average molecular weight is 1030 g/mol. The Kier molecular flexibility index (Phi) is 59.3. The lowest BCUT2D eigenvalue weighted by Crippen LogP contribution is -2.30. The van der Waals surface area contributed by atoms with Crippen LogP contribution >= 0.6 is 0 Å². The molecule has 0 spiro atoms. The molecule has 0 N–H and O–H groups in total. The quantitative estimate of drug-likeness (QED) is 0.0261. The molecule has 1 atom stereocenters. The van der Waals surface area contributed by atoms with Gasteiger partial charge in [0.1, 0.15) is 13.2 Å². The van der Waals surface area contributed by atoms with Crippen LogP contribution in [0.25, 0.3) is 0 Å². The van der Waals surface area contributed by atoms with E-state index in [1.165, 1.54) is 154 Å². The third-order valence-corrected chi connectivity index (χ3v) is 13.6. The van der Waals surface area contributed by atoms with Gasteiger partial charge in [-0.25, -0.2) is 0 Å². The summed E-state index contributed by atoms with van der Waals surface area (Å²) in [5, 5.41) is 0. The van der Waals surface area contributed by atoms with Crippen LogP contribution in [0.2, 0.25) is 0 Å². The molecule has 0 saturated heterocycles. The molecule has 426 valence electrons. The van der Waals surface area contributed by atoms with E-state index >= 15 is 0 Å². The highest BCUT2D eigenvalue weighted by atomic mass is 16.6. The smallest absolute Gasteiger partial charge is 0.306 e. The summed E-state index contributed by atoms with van der Waals surface area (Å²) in [6, 6.07) is 0. The maximum atomic E-state index is 12.9. The van der Waals surface area contributed by atoms with E-state index in [1.807, 2.05) is 0 Å². The summed E-state index contributed by atoms with van der Waals surface area (Å²) in [7, 11) is 0. The first kappa shape index (κ1) is 70.6. The molecule has 0 fully saturated rings. The van der Waals surface area contributed by atoms with Gasteiger partial charge in [0.05, 0.1) is 0 Å². The predicted octanol–water partition coefficient (Wildman–Crippen LogP) is 21.5. The van der Waals surface area contributed by atoms with Crippen molar-refractivity contribution in [3.05, 3.63) is 85.1 Å². The van der Waals surface area contributed by atoms with E-state index in [0.29, 0.717) is 19.3 Å². The third-order valence-electron chi connectivity index (χ3n) is 13.6. The largest absolute Gasteiger partial charge is 0.462 e. The molecule has 0 heterocycles. The van der Waals surface area contributed by atoms with Crippen LogP contribution in [0.4, 0.5) is 0 Å². The first-order valence-electron chi connectivity index (χ1n) is 31.6. The minimum absolute atomic E-state index is 0.0819. The van der Waals surface area contributed by atoms with E-state index in [2.05, 4.69) is 106 Å². The summed E-state index contributed by atoms with van der Waals surface area (Å²) in [5.74, 6) is -0.892. The van der Waals surface area contributed by atoms with Crippen molar-refractivity contribution in [2.45, 2.75) is 316 Å². The molecule has 0 aliphatic heterocycles. The molecule has 74 heavy (non-hydrogen) atoms. The number of allylic oxidation sites excluding steroid dienone is 14. The highest BCUT2D eigenvalue weighted by Crippen LogP contribution is 2.16. The lowest BCUT2D eigenvalue weighted by Gasteiger charge is -2.18. The van der Waals surface area contributed by atoms with Crippen LogP contribution < -0.4 is 0 Å². The summed E-state index contributed by atoms with van der Waals surface area (Å²) in [4.78, 5) is 38.3. The zero-order valence-corrected chi connectivity index (χ0v) is 48.8. The van der Waals surface area contributed by atoms with E-state index in [4.69, 9.17) is 14.2 Å². The van der Waals surface area contributed by atoms with Crippen molar-refractivity contribution in [2.75, 3.05) is 13.2 Å². The number of hydrogen-bond acceptors (Lipinski definition) is 6. The summed E-state index contributed by atoms with van der Waals surface area (Å²) in [5.41, 5.74) is 0. The van der Waals surface area contributed by atoms with Gasteiger partial charge in [0.15, 0.2) is 6.10 Å². The van der Waals surface area contributed by atoms with Gasteiger partial charge in [0, 0.05) is 19.3 Å². The molecule has 0 saturated carbocycles. The molecular formula is C68H118O6. The van der Waals surface area contributed by atoms with Gasteiger partial charge in [-0.3, -0.25) is 14.4 Å². The maximum absolute atomic E-state index is 12.9.